The molecule has 2 rings (SSSR count). The van der Waals surface area contributed by atoms with Crippen LogP contribution in [0.3, 0.4) is 0 Å². The zero-order chi connectivity index (χ0) is 15.1. The van der Waals surface area contributed by atoms with Crippen LogP contribution in [-0.2, 0) is 12.8 Å². The Morgan fingerprint density at radius 3 is 2.62 bits per heavy atom. The lowest BCUT2D eigenvalue weighted by Gasteiger charge is -2.18. The van der Waals surface area contributed by atoms with Crippen LogP contribution >= 0.6 is 0 Å². The number of hydrogen-bond acceptors (Lipinski definition) is 4. The van der Waals surface area contributed by atoms with Crippen molar-refractivity contribution in [1.82, 2.24) is 20.3 Å². The summed E-state index contributed by atoms with van der Waals surface area (Å²) in [5, 5.41) is 3.56. The molecule has 0 bridgehead atoms. The number of rotatable bonds is 7. The molecule has 2 aromatic rings. The molecule has 4 heteroatoms. The Morgan fingerprint density at radius 1 is 1.14 bits per heavy atom. The van der Waals surface area contributed by atoms with Gasteiger partial charge in [0.15, 0.2) is 0 Å². The molecule has 0 fully saturated rings. The number of nitrogens with one attached hydrogen (secondary N) is 1. The zero-order valence-electron chi connectivity index (χ0n) is 13.1. The molecule has 1 atom stereocenters. The normalized spacial score (nSPS) is 12.3. The molecule has 21 heavy (non-hydrogen) atoms. The third-order valence-corrected chi connectivity index (χ3v) is 3.50. The topological polar surface area (TPSA) is 50.7 Å². The number of aromatic nitrogens is 3. The quantitative estimate of drug-likeness (QED) is 0.849. The average molecular weight is 284 g/mol. The third kappa shape index (κ3) is 4.60. The fourth-order valence-electron chi connectivity index (χ4n) is 2.26. The van der Waals surface area contributed by atoms with E-state index in [0.29, 0.717) is 0 Å². The van der Waals surface area contributed by atoms with Crippen LogP contribution in [0.25, 0.3) is 0 Å². The van der Waals surface area contributed by atoms with Gasteiger partial charge in [0.25, 0.3) is 0 Å². The van der Waals surface area contributed by atoms with Crippen LogP contribution in [0.1, 0.15) is 49.1 Å². The molecule has 112 valence electrons. The Morgan fingerprint density at radius 2 is 2.00 bits per heavy atom. The maximum absolute atomic E-state index is 4.56. The maximum Gasteiger partial charge on any atom is 0.125 e. The molecule has 2 heterocycles. The highest BCUT2D eigenvalue weighted by Gasteiger charge is 2.14. The molecule has 1 unspecified atom stereocenters. The Kier molecular flexibility index (Phi) is 5.81. The summed E-state index contributed by atoms with van der Waals surface area (Å²) in [6.45, 7) is 7.21. The van der Waals surface area contributed by atoms with Crippen molar-refractivity contribution in [2.75, 3.05) is 6.54 Å². The van der Waals surface area contributed by atoms with E-state index in [0.717, 1.165) is 43.0 Å². The summed E-state index contributed by atoms with van der Waals surface area (Å²) in [5.74, 6) is 0.810. The first-order valence-electron chi connectivity index (χ1n) is 7.69. The van der Waals surface area contributed by atoms with E-state index in [4.69, 9.17) is 0 Å². The average Bonchev–Trinajstić information content (AvgIpc) is 2.52. The molecule has 0 saturated carbocycles. The minimum Gasteiger partial charge on any atom is -0.308 e. The summed E-state index contributed by atoms with van der Waals surface area (Å²) in [5.41, 5.74) is 3.41. The molecule has 2 aromatic heterocycles. The van der Waals surface area contributed by atoms with Crippen molar-refractivity contribution in [3.05, 3.63) is 53.4 Å². The lowest BCUT2D eigenvalue weighted by molar-refractivity contribution is 0.511. The molecule has 0 aliphatic heterocycles. The van der Waals surface area contributed by atoms with E-state index >= 15 is 0 Å². The summed E-state index contributed by atoms with van der Waals surface area (Å²) < 4.78 is 0. The Bertz CT molecular complexity index is 551. The van der Waals surface area contributed by atoms with Crippen molar-refractivity contribution in [2.24, 2.45) is 0 Å². The van der Waals surface area contributed by atoms with E-state index in [1.165, 1.54) is 5.56 Å². The van der Waals surface area contributed by atoms with Crippen LogP contribution in [-0.4, -0.2) is 21.5 Å². The van der Waals surface area contributed by atoms with Gasteiger partial charge in [-0.05, 0) is 44.0 Å². The van der Waals surface area contributed by atoms with Crippen molar-refractivity contribution in [3.8, 4) is 0 Å². The molecule has 0 saturated heterocycles. The predicted octanol–water partition coefficient (Wildman–Crippen LogP) is 3.03. The molecule has 1 N–H and O–H groups in total. The highest BCUT2D eigenvalue weighted by molar-refractivity contribution is 5.17. The van der Waals surface area contributed by atoms with Crippen molar-refractivity contribution >= 4 is 0 Å². The van der Waals surface area contributed by atoms with Crippen molar-refractivity contribution < 1.29 is 0 Å². The van der Waals surface area contributed by atoms with E-state index in [1.54, 1.807) is 0 Å². The second-order valence-electron chi connectivity index (χ2n) is 5.25. The van der Waals surface area contributed by atoms with Gasteiger partial charge in [-0.2, -0.15) is 0 Å². The number of nitrogens with zero attached hydrogens (tertiary/aromatic N) is 3. The summed E-state index contributed by atoms with van der Waals surface area (Å²) in [6, 6.07) is 6.45. The first-order chi connectivity index (χ1) is 10.2. The zero-order valence-corrected chi connectivity index (χ0v) is 13.1. The Hall–Kier alpha value is -1.81. The smallest absolute Gasteiger partial charge is 0.125 e. The van der Waals surface area contributed by atoms with Gasteiger partial charge >= 0.3 is 0 Å². The van der Waals surface area contributed by atoms with Crippen LogP contribution < -0.4 is 5.32 Å². The first-order valence-corrected chi connectivity index (χ1v) is 7.69. The maximum atomic E-state index is 4.56. The fraction of sp³-hybridized carbons (Fsp3) is 0.471. The SMILES string of the molecule is CCCNC(Cc1ccc(CC)cn1)c1ccnc(C)n1. The van der Waals surface area contributed by atoms with Gasteiger partial charge in [-0.15, -0.1) is 0 Å². The van der Waals surface area contributed by atoms with Gasteiger partial charge in [-0.25, -0.2) is 9.97 Å². The number of pyridine rings is 1. The van der Waals surface area contributed by atoms with E-state index in [1.807, 2.05) is 25.4 Å². The minimum absolute atomic E-state index is 0.187. The van der Waals surface area contributed by atoms with Crippen molar-refractivity contribution in [1.29, 1.82) is 0 Å². The highest BCUT2D eigenvalue weighted by Crippen LogP contribution is 2.16. The second-order valence-corrected chi connectivity index (χ2v) is 5.25. The van der Waals surface area contributed by atoms with Gasteiger partial charge in [-0.1, -0.05) is 19.9 Å². The molecule has 0 radical (unpaired) electrons. The van der Waals surface area contributed by atoms with E-state index in [9.17, 15) is 0 Å². The largest absolute Gasteiger partial charge is 0.308 e. The molecular formula is C17H24N4. The molecule has 0 aliphatic carbocycles. The van der Waals surface area contributed by atoms with E-state index < -0.39 is 0 Å². The summed E-state index contributed by atoms with van der Waals surface area (Å²) in [4.78, 5) is 13.3. The Labute approximate surface area is 127 Å². The molecule has 0 spiro atoms. The van der Waals surface area contributed by atoms with Gasteiger partial charge in [-0.3, -0.25) is 4.98 Å². The van der Waals surface area contributed by atoms with Crippen LogP contribution in [0, 0.1) is 6.92 Å². The summed E-state index contributed by atoms with van der Waals surface area (Å²) >= 11 is 0. The molecule has 0 aliphatic rings. The summed E-state index contributed by atoms with van der Waals surface area (Å²) in [7, 11) is 0. The molecule has 4 nitrogen and oxygen atoms in total. The lowest BCUT2D eigenvalue weighted by atomic mass is 10.1. The second kappa shape index (κ2) is 7.84. The van der Waals surface area contributed by atoms with Gasteiger partial charge < -0.3 is 5.32 Å². The van der Waals surface area contributed by atoms with E-state index in [2.05, 4.69) is 46.2 Å². The number of hydrogen-bond donors (Lipinski definition) is 1. The van der Waals surface area contributed by atoms with Gasteiger partial charge in [0.2, 0.25) is 0 Å². The van der Waals surface area contributed by atoms with Crippen molar-refractivity contribution in [3.63, 3.8) is 0 Å². The molecule has 0 aromatic carbocycles. The third-order valence-electron chi connectivity index (χ3n) is 3.50. The van der Waals surface area contributed by atoms with Gasteiger partial charge in [0.1, 0.15) is 5.82 Å². The Balaban J connectivity index is 2.15. The number of aryl methyl sites for hydroxylation is 2. The van der Waals surface area contributed by atoms with Crippen LogP contribution in [0.2, 0.25) is 0 Å². The van der Waals surface area contributed by atoms with Crippen LogP contribution in [0.5, 0.6) is 0 Å². The van der Waals surface area contributed by atoms with E-state index in [-0.39, 0.29) is 6.04 Å². The van der Waals surface area contributed by atoms with Gasteiger partial charge in [0, 0.05) is 24.5 Å². The first kappa shape index (κ1) is 15.6. The molecular weight excluding hydrogens is 260 g/mol. The fourth-order valence-corrected chi connectivity index (χ4v) is 2.26. The highest BCUT2D eigenvalue weighted by atomic mass is 15.0. The monoisotopic (exact) mass is 284 g/mol. The minimum atomic E-state index is 0.187. The van der Waals surface area contributed by atoms with Gasteiger partial charge in [0.05, 0.1) is 11.7 Å². The van der Waals surface area contributed by atoms with Crippen molar-refractivity contribution in [2.45, 2.75) is 46.1 Å². The lowest BCUT2D eigenvalue weighted by Crippen LogP contribution is -2.25. The van der Waals surface area contributed by atoms with Crippen LogP contribution in [0.15, 0.2) is 30.6 Å². The van der Waals surface area contributed by atoms with Crippen LogP contribution in [0.4, 0.5) is 0 Å². The predicted molar refractivity (Wildman–Crippen MR) is 85.1 cm³/mol. The molecule has 0 amide bonds. The summed E-state index contributed by atoms with van der Waals surface area (Å²) in [6.07, 6.45) is 6.77. The standard InChI is InChI=1S/C17H24N4/c1-4-9-19-17(16-8-10-18-13(3)21-16)11-15-7-6-14(5-2)12-20-15/h6-8,10,12,17,19H,4-5,9,11H2,1-3H3.